The van der Waals surface area contributed by atoms with Crippen LogP contribution in [-0.4, -0.2) is 48.3 Å². The van der Waals surface area contributed by atoms with Crippen molar-refractivity contribution < 1.29 is 31.5 Å². The highest BCUT2D eigenvalue weighted by Gasteiger charge is 2.58. The number of hydrogen-bond acceptors (Lipinski definition) is 3. The number of rotatable bonds is 3. The van der Waals surface area contributed by atoms with Gasteiger partial charge in [0.2, 0.25) is 10.0 Å². The maximum atomic E-state index is 12.8. The Labute approximate surface area is 139 Å². The van der Waals surface area contributed by atoms with Crippen LogP contribution in [0, 0.1) is 17.3 Å². The third-order valence-corrected chi connectivity index (χ3v) is 8.50. The molecule has 3 aliphatic rings. The molecule has 0 amide bonds. The molecule has 9 heteroatoms. The molecule has 0 spiro atoms. The summed E-state index contributed by atoms with van der Waals surface area (Å²) >= 11 is 0. The quantitative estimate of drug-likeness (QED) is 0.830. The second-order valence-corrected chi connectivity index (χ2v) is 9.62. The molecule has 2 aliphatic carbocycles. The van der Waals surface area contributed by atoms with Crippen LogP contribution in [0.25, 0.3) is 0 Å². The molecule has 0 bridgehead atoms. The number of fused-ring (bicyclic) bond motifs is 1. The van der Waals surface area contributed by atoms with Crippen molar-refractivity contribution >= 4 is 16.0 Å². The van der Waals surface area contributed by atoms with Gasteiger partial charge in [-0.3, -0.25) is 4.79 Å². The van der Waals surface area contributed by atoms with E-state index in [1.165, 1.54) is 4.31 Å². The van der Waals surface area contributed by atoms with Gasteiger partial charge >= 0.3 is 12.1 Å². The Morgan fingerprint density at radius 1 is 1.12 bits per heavy atom. The van der Waals surface area contributed by atoms with Crippen LogP contribution >= 0.6 is 0 Å². The van der Waals surface area contributed by atoms with Crippen molar-refractivity contribution in [1.29, 1.82) is 0 Å². The van der Waals surface area contributed by atoms with Crippen LogP contribution in [0.1, 0.15) is 44.9 Å². The zero-order valence-electron chi connectivity index (χ0n) is 13.3. The van der Waals surface area contributed by atoms with Gasteiger partial charge in [-0.1, -0.05) is 6.42 Å². The minimum atomic E-state index is -4.27. The number of carboxylic acids is 1. The van der Waals surface area contributed by atoms with Gasteiger partial charge < -0.3 is 5.11 Å². The van der Waals surface area contributed by atoms with Crippen LogP contribution in [0.3, 0.4) is 0 Å². The first kappa shape index (κ1) is 18.0. The summed E-state index contributed by atoms with van der Waals surface area (Å²) in [5.41, 5.74) is -1.00. The summed E-state index contributed by atoms with van der Waals surface area (Å²) in [4.78, 5) is 11.7. The van der Waals surface area contributed by atoms with E-state index in [2.05, 4.69) is 0 Å². The van der Waals surface area contributed by atoms with E-state index >= 15 is 0 Å². The highest BCUT2D eigenvalue weighted by molar-refractivity contribution is 7.89. The lowest BCUT2D eigenvalue weighted by Gasteiger charge is -2.32. The van der Waals surface area contributed by atoms with Crippen LogP contribution in [0.4, 0.5) is 13.2 Å². The summed E-state index contributed by atoms with van der Waals surface area (Å²) in [6.45, 7) is 0.155. The van der Waals surface area contributed by atoms with E-state index in [-0.39, 0.29) is 44.7 Å². The third-order valence-electron chi connectivity index (χ3n) is 6.18. The molecule has 0 aromatic carbocycles. The number of carboxylic acid groups (broad SMARTS) is 1. The number of carbonyl (C=O) groups is 1. The Bertz CT molecular complexity index is 613. The molecular formula is C15H22F3NO4S. The monoisotopic (exact) mass is 369 g/mol. The molecule has 2 saturated carbocycles. The Morgan fingerprint density at radius 2 is 1.75 bits per heavy atom. The van der Waals surface area contributed by atoms with Gasteiger partial charge in [0, 0.05) is 13.1 Å². The highest BCUT2D eigenvalue weighted by atomic mass is 32.2. The Morgan fingerprint density at radius 3 is 2.25 bits per heavy atom. The summed E-state index contributed by atoms with van der Waals surface area (Å²) in [5, 5.41) is 8.73. The molecule has 1 aliphatic heterocycles. The summed E-state index contributed by atoms with van der Waals surface area (Å²) in [6, 6.07) is 0. The van der Waals surface area contributed by atoms with Crippen molar-refractivity contribution in [3.05, 3.63) is 0 Å². The molecule has 3 rings (SSSR count). The van der Waals surface area contributed by atoms with Crippen molar-refractivity contribution in [2.24, 2.45) is 17.3 Å². The molecule has 3 fully saturated rings. The second kappa shape index (κ2) is 5.86. The number of hydrogen-bond donors (Lipinski definition) is 1. The average Bonchev–Trinajstić information content (AvgIpc) is 3.04. The third kappa shape index (κ3) is 2.83. The topological polar surface area (TPSA) is 74.7 Å². The van der Waals surface area contributed by atoms with Crippen molar-refractivity contribution in [2.75, 3.05) is 13.1 Å². The lowest BCUT2D eigenvalue weighted by atomic mass is 9.81. The van der Waals surface area contributed by atoms with Crippen molar-refractivity contribution in [2.45, 2.75) is 56.4 Å². The largest absolute Gasteiger partial charge is 0.481 e. The van der Waals surface area contributed by atoms with Gasteiger partial charge in [-0.15, -0.1) is 0 Å². The summed E-state index contributed by atoms with van der Waals surface area (Å²) in [6.07, 6.45) is -2.68. The first-order valence-electron chi connectivity index (χ1n) is 8.36. The van der Waals surface area contributed by atoms with Crippen LogP contribution in [-0.2, 0) is 14.8 Å². The van der Waals surface area contributed by atoms with Crippen LogP contribution in [0.5, 0.6) is 0 Å². The van der Waals surface area contributed by atoms with E-state index in [9.17, 15) is 31.5 Å². The van der Waals surface area contributed by atoms with Gasteiger partial charge in [-0.05, 0) is 44.4 Å². The van der Waals surface area contributed by atoms with E-state index in [1.54, 1.807) is 0 Å². The molecule has 0 aromatic rings. The van der Waals surface area contributed by atoms with E-state index in [0.717, 1.165) is 6.42 Å². The molecule has 1 N–H and O–H groups in total. The highest BCUT2D eigenvalue weighted by Crippen LogP contribution is 2.50. The smallest absolute Gasteiger partial charge is 0.391 e. The number of sulfonamides is 1. The second-order valence-electron chi connectivity index (χ2n) is 7.40. The Balaban J connectivity index is 1.71. The summed E-state index contributed by atoms with van der Waals surface area (Å²) in [5.74, 6) is -2.56. The number of halogens is 3. The van der Waals surface area contributed by atoms with Crippen LogP contribution < -0.4 is 0 Å². The molecular weight excluding hydrogens is 347 g/mol. The zero-order valence-corrected chi connectivity index (χ0v) is 14.1. The maximum absolute atomic E-state index is 12.8. The SMILES string of the molecule is O=C(O)[C@@]12CCC[C@H]1CN(S(=O)(=O)C1CCC(C(F)(F)F)CC1)C2. The molecule has 5 nitrogen and oxygen atoms in total. The summed E-state index contributed by atoms with van der Waals surface area (Å²) < 4.78 is 65.0. The minimum Gasteiger partial charge on any atom is -0.481 e. The maximum Gasteiger partial charge on any atom is 0.391 e. The van der Waals surface area contributed by atoms with Gasteiger partial charge in [-0.2, -0.15) is 13.2 Å². The number of nitrogens with zero attached hydrogens (tertiary/aromatic N) is 1. The molecule has 0 aromatic heterocycles. The fraction of sp³-hybridized carbons (Fsp3) is 0.933. The van der Waals surface area contributed by atoms with Crippen molar-refractivity contribution in [1.82, 2.24) is 4.31 Å². The Kier molecular flexibility index (Phi) is 4.39. The predicted molar refractivity (Wildman–Crippen MR) is 79.7 cm³/mol. The van der Waals surface area contributed by atoms with E-state index in [4.69, 9.17) is 0 Å². The molecule has 24 heavy (non-hydrogen) atoms. The normalized spacial score (nSPS) is 38.2. The van der Waals surface area contributed by atoms with Gasteiger partial charge in [0.05, 0.1) is 16.6 Å². The van der Waals surface area contributed by atoms with Gasteiger partial charge in [0.15, 0.2) is 0 Å². The lowest BCUT2D eigenvalue weighted by molar-refractivity contribution is -0.181. The summed E-state index contributed by atoms with van der Waals surface area (Å²) in [7, 11) is -3.74. The standard InChI is InChI=1S/C15H22F3NO4S/c16-15(17,18)10-3-5-12(6-4-10)24(22,23)19-8-11-2-1-7-14(11,9-19)13(20)21/h10-12H,1-9H2,(H,20,21)/t10?,11-,12?,14+/m0/s1. The van der Waals surface area contributed by atoms with Crippen molar-refractivity contribution in [3.63, 3.8) is 0 Å². The first-order valence-corrected chi connectivity index (χ1v) is 9.87. The predicted octanol–water partition coefficient (Wildman–Crippen LogP) is 2.62. The minimum absolute atomic E-state index is 0.00620. The molecule has 0 unspecified atom stereocenters. The number of alkyl halides is 3. The molecule has 2 atom stereocenters. The van der Waals surface area contributed by atoms with E-state index in [0.29, 0.717) is 12.8 Å². The van der Waals surface area contributed by atoms with Crippen LogP contribution in [0.15, 0.2) is 0 Å². The zero-order chi connectivity index (χ0) is 17.8. The average molecular weight is 369 g/mol. The lowest BCUT2D eigenvalue weighted by Crippen LogP contribution is -2.43. The Hall–Kier alpha value is -0.830. The fourth-order valence-corrected chi connectivity index (χ4v) is 6.77. The van der Waals surface area contributed by atoms with E-state index in [1.807, 2.05) is 0 Å². The molecule has 1 saturated heterocycles. The molecule has 0 radical (unpaired) electrons. The van der Waals surface area contributed by atoms with Crippen molar-refractivity contribution in [3.8, 4) is 0 Å². The fourth-order valence-electron chi connectivity index (χ4n) is 4.69. The van der Waals surface area contributed by atoms with Crippen LogP contribution in [0.2, 0.25) is 0 Å². The number of aliphatic carboxylic acids is 1. The van der Waals surface area contributed by atoms with Gasteiger partial charge in [0.25, 0.3) is 0 Å². The van der Waals surface area contributed by atoms with Gasteiger partial charge in [-0.25, -0.2) is 12.7 Å². The van der Waals surface area contributed by atoms with Gasteiger partial charge in [0.1, 0.15) is 0 Å². The van der Waals surface area contributed by atoms with E-state index < -0.39 is 38.8 Å². The first-order chi connectivity index (χ1) is 11.1. The molecule has 1 heterocycles. The molecule has 138 valence electrons.